The predicted molar refractivity (Wildman–Crippen MR) is 68.1 cm³/mol. The molecule has 6 heteroatoms. The molecule has 0 atom stereocenters. The Morgan fingerprint density at radius 3 is 2.72 bits per heavy atom. The number of carboxylic acids is 1. The molecule has 0 fully saturated rings. The lowest BCUT2D eigenvalue weighted by atomic mass is 10.2. The van der Waals surface area contributed by atoms with Crippen LogP contribution in [-0.2, 0) is 9.59 Å². The molecule has 0 spiro atoms. The number of carbonyl (C=O) groups is 2. The fourth-order valence-corrected chi connectivity index (χ4v) is 1.56. The quantitative estimate of drug-likeness (QED) is 0.834. The minimum absolute atomic E-state index is 0.0277. The molecule has 2 N–H and O–H groups in total. The van der Waals surface area contributed by atoms with Gasteiger partial charge in [0.2, 0.25) is 5.91 Å². The van der Waals surface area contributed by atoms with E-state index in [0.29, 0.717) is 22.9 Å². The van der Waals surface area contributed by atoms with Crippen molar-refractivity contribution in [3.8, 4) is 5.75 Å². The summed E-state index contributed by atoms with van der Waals surface area (Å²) in [5.41, 5.74) is 0.477. The molecule has 0 heterocycles. The Labute approximate surface area is 110 Å². The number of aliphatic carboxylic acids is 1. The smallest absolute Gasteiger partial charge is 0.303 e. The van der Waals surface area contributed by atoms with Crippen molar-refractivity contribution < 1.29 is 19.4 Å². The van der Waals surface area contributed by atoms with E-state index in [9.17, 15) is 9.59 Å². The summed E-state index contributed by atoms with van der Waals surface area (Å²) in [6.45, 7) is 0. The maximum Gasteiger partial charge on any atom is 0.303 e. The minimum atomic E-state index is -0.914. The Kier molecular flexibility index (Phi) is 5.45. The number of rotatable bonds is 6. The second-order valence-electron chi connectivity index (χ2n) is 3.64. The van der Waals surface area contributed by atoms with Crippen molar-refractivity contribution in [3.05, 3.63) is 23.2 Å². The zero-order valence-corrected chi connectivity index (χ0v) is 10.7. The van der Waals surface area contributed by atoms with Gasteiger partial charge in [0.1, 0.15) is 5.75 Å². The van der Waals surface area contributed by atoms with E-state index in [-0.39, 0.29) is 18.7 Å². The highest BCUT2D eigenvalue weighted by atomic mass is 35.5. The molecule has 98 valence electrons. The first-order chi connectivity index (χ1) is 8.52. The van der Waals surface area contributed by atoms with Crippen LogP contribution in [0.1, 0.15) is 19.3 Å². The van der Waals surface area contributed by atoms with Crippen molar-refractivity contribution in [1.29, 1.82) is 0 Å². The number of amides is 1. The average molecular weight is 272 g/mol. The molecule has 0 aromatic heterocycles. The molecule has 0 aliphatic heterocycles. The topological polar surface area (TPSA) is 75.6 Å². The summed E-state index contributed by atoms with van der Waals surface area (Å²) in [5.74, 6) is -0.675. The number of nitrogens with one attached hydrogen (secondary N) is 1. The molecule has 18 heavy (non-hydrogen) atoms. The lowest BCUT2D eigenvalue weighted by Crippen LogP contribution is -2.12. The maximum atomic E-state index is 11.6. The zero-order valence-electron chi connectivity index (χ0n) is 9.90. The van der Waals surface area contributed by atoms with Crippen molar-refractivity contribution in [3.63, 3.8) is 0 Å². The van der Waals surface area contributed by atoms with Crippen molar-refractivity contribution in [2.45, 2.75) is 19.3 Å². The molecular formula is C12H14ClNO4. The molecule has 0 radical (unpaired) electrons. The van der Waals surface area contributed by atoms with Crippen LogP contribution in [0.4, 0.5) is 5.69 Å². The van der Waals surface area contributed by atoms with Crippen LogP contribution < -0.4 is 10.1 Å². The largest absolute Gasteiger partial charge is 0.495 e. The fourth-order valence-electron chi connectivity index (χ4n) is 1.39. The number of carbonyl (C=O) groups excluding carboxylic acids is 1. The summed E-state index contributed by atoms with van der Waals surface area (Å²) in [4.78, 5) is 21.9. The number of halogens is 1. The van der Waals surface area contributed by atoms with Gasteiger partial charge in [0.25, 0.3) is 0 Å². The fraction of sp³-hybridized carbons (Fsp3) is 0.333. The number of methoxy groups -OCH3 is 1. The first-order valence-corrected chi connectivity index (χ1v) is 5.76. The first-order valence-electron chi connectivity index (χ1n) is 5.38. The summed E-state index contributed by atoms with van der Waals surface area (Å²) in [6, 6.07) is 4.88. The minimum Gasteiger partial charge on any atom is -0.495 e. The molecule has 5 nitrogen and oxygen atoms in total. The van der Waals surface area contributed by atoms with Crippen molar-refractivity contribution in [2.24, 2.45) is 0 Å². The lowest BCUT2D eigenvalue weighted by molar-refractivity contribution is -0.137. The molecule has 0 unspecified atom stereocenters. The molecule has 1 amide bonds. The number of hydrogen-bond donors (Lipinski definition) is 2. The van der Waals surface area contributed by atoms with Gasteiger partial charge >= 0.3 is 5.97 Å². The van der Waals surface area contributed by atoms with Crippen LogP contribution in [0, 0.1) is 0 Å². The molecule has 0 saturated heterocycles. The van der Waals surface area contributed by atoms with Gasteiger partial charge in [0.15, 0.2) is 0 Å². The molecule has 0 saturated carbocycles. The molecule has 0 aliphatic carbocycles. The third-order valence-electron chi connectivity index (χ3n) is 2.23. The van der Waals surface area contributed by atoms with Gasteiger partial charge in [-0.1, -0.05) is 11.6 Å². The third-order valence-corrected chi connectivity index (χ3v) is 2.47. The number of anilines is 1. The first kappa shape index (κ1) is 14.3. The summed E-state index contributed by atoms with van der Waals surface area (Å²) < 4.78 is 5.08. The van der Waals surface area contributed by atoms with Crippen LogP contribution >= 0.6 is 11.6 Å². The van der Waals surface area contributed by atoms with Crippen LogP contribution in [0.3, 0.4) is 0 Å². The van der Waals surface area contributed by atoms with Crippen LogP contribution in [-0.4, -0.2) is 24.1 Å². The molecule has 1 aromatic rings. The van der Waals surface area contributed by atoms with E-state index in [0.717, 1.165) is 0 Å². The standard InChI is InChI=1S/C12H14ClNO4/c1-18-10-6-5-8(13)7-9(10)14-11(15)3-2-4-12(16)17/h5-7H,2-4H2,1H3,(H,14,15)(H,16,17). The van der Waals surface area contributed by atoms with E-state index in [2.05, 4.69) is 5.32 Å². The number of hydrogen-bond acceptors (Lipinski definition) is 3. The Hall–Kier alpha value is -1.75. The van der Waals surface area contributed by atoms with Crippen LogP contribution in [0.25, 0.3) is 0 Å². The van der Waals surface area contributed by atoms with Gasteiger partial charge < -0.3 is 15.2 Å². The van der Waals surface area contributed by atoms with Crippen LogP contribution in [0.5, 0.6) is 5.75 Å². The van der Waals surface area contributed by atoms with E-state index in [1.165, 1.54) is 7.11 Å². The Bertz CT molecular complexity index is 448. The molecule has 0 bridgehead atoms. The number of benzene rings is 1. The summed E-state index contributed by atoms with van der Waals surface area (Å²) in [5, 5.41) is 11.6. The van der Waals surface area contributed by atoms with Crippen molar-refractivity contribution >= 4 is 29.2 Å². The van der Waals surface area contributed by atoms with Gasteiger partial charge in [-0.15, -0.1) is 0 Å². The van der Waals surface area contributed by atoms with Gasteiger partial charge in [-0.25, -0.2) is 0 Å². The summed E-state index contributed by atoms with van der Waals surface area (Å²) >= 11 is 5.82. The molecular weight excluding hydrogens is 258 g/mol. The van der Waals surface area contributed by atoms with Gasteiger partial charge in [0, 0.05) is 17.9 Å². The Morgan fingerprint density at radius 2 is 2.11 bits per heavy atom. The zero-order chi connectivity index (χ0) is 13.5. The Morgan fingerprint density at radius 1 is 1.39 bits per heavy atom. The summed E-state index contributed by atoms with van der Waals surface area (Å²) in [6.07, 6.45) is 0.409. The van der Waals surface area contributed by atoms with E-state index in [4.69, 9.17) is 21.4 Å². The molecule has 0 aliphatic rings. The predicted octanol–water partition coefficient (Wildman–Crippen LogP) is 2.54. The molecule has 1 rings (SSSR count). The second-order valence-corrected chi connectivity index (χ2v) is 4.08. The van der Waals surface area contributed by atoms with Crippen molar-refractivity contribution in [1.82, 2.24) is 0 Å². The average Bonchev–Trinajstić information content (AvgIpc) is 2.28. The van der Waals surface area contributed by atoms with Gasteiger partial charge in [0.05, 0.1) is 12.8 Å². The van der Waals surface area contributed by atoms with Gasteiger partial charge in [-0.2, -0.15) is 0 Å². The normalized spacial score (nSPS) is 9.89. The monoisotopic (exact) mass is 271 g/mol. The van der Waals surface area contributed by atoms with Gasteiger partial charge in [-0.3, -0.25) is 9.59 Å². The van der Waals surface area contributed by atoms with E-state index in [1.807, 2.05) is 0 Å². The lowest BCUT2D eigenvalue weighted by Gasteiger charge is -2.10. The van der Waals surface area contributed by atoms with Crippen molar-refractivity contribution in [2.75, 3.05) is 12.4 Å². The highest BCUT2D eigenvalue weighted by Crippen LogP contribution is 2.27. The van der Waals surface area contributed by atoms with Crippen LogP contribution in [0.15, 0.2) is 18.2 Å². The Balaban J connectivity index is 2.58. The summed E-state index contributed by atoms with van der Waals surface area (Å²) in [7, 11) is 1.49. The van der Waals surface area contributed by atoms with Crippen LogP contribution in [0.2, 0.25) is 5.02 Å². The van der Waals surface area contributed by atoms with Gasteiger partial charge in [-0.05, 0) is 24.6 Å². The highest BCUT2D eigenvalue weighted by molar-refractivity contribution is 6.31. The number of carboxylic acid groups (broad SMARTS) is 1. The SMILES string of the molecule is COc1ccc(Cl)cc1NC(=O)CCCC(=O)O. The highest BCUT2D eigenvalue weighted by Gasteiger charge is 2.08. The maximum absolute atomic E-state index is 11.6. The molecule has 1 aromatic carbocycles. The number of ether oxygens (including phenoxy) is 1. The second kappa shape index (κ2) is 6.86. The van der Waals surface area contributed by atoms with E-state index in [1.54, 1.807) is 18.2 Å². The third kappa shape index (κ3) is 4.63. The van der Waals surface area contributed by atoms with E-state index >= 15 is 0 Å². The van der Waals surface area contributed by atoms with E-state index < -0.39 is 5.97 Å².